The van der Waals surface area contributed by atoms with E-state index in [1.165, 1.54) is 11.8 Å². The van der Waals surface area contributed by atoms with E-state index in [1.54, 1.807) is 18.2 Å². The fourth-order valence-corrected chi connectivity index (χ4v) is 3.68. The summed E-state index contributed by atoms with van der Waals surface area (Å²) in [5.41, 5.74) is 3.31. The Labute approximate surface area is 161 Å². The Kier molecular flexibility index (Phi) is 5.64. The van der Waals surface area contributed by atoms with Gasteiger partial charge in [-0.25, -0.2) is 4.99 Å². The summed E-state index contributed by atoms with van der Waals surface area (Å²) >= 11 is 7.33. The Morgan fingerprint density at radius 2 is 2.04 bits per heavy atom. The molecule has 7 heteroatoms. The Morgan fingerprint density at radius 1 is 1.27 bits per heavy atom. The van der Waals surface area contributed by atoms with E-state index in [2.05, 4.69) is 15.6 Å². The molecule has 1 aliphatic rings. The quantitative estimate of drug-likeness (QED) is 0.825. The van der Waals surface area contributed by atoms with Gasteiger partial charge in [0.25, 0.3) is 0 Å². The third-order valence-corrected chi connectivity index (χ3v) is 5.41. The largest absolute Gasteiger partial charge is 0.326 e. The predicted molar refractivity (Wildman–Crippen MR) is 107 cm³/mol. The molecule has 0 unspecified atom stereocenters. The summed E-state index contributed by atoms with van der Waals surface area (Å²) in [6.07, 6.45) is 0.0648. The first kappa shape index (κ1) is 18.5. The fraction of sp³-hybridized carbons (Fsp3) is 0.211. The van der Waals surface area contributed by atoms with Gasteiger partial charge < -0.3 is 10.6 Å². The van der Waals surface area contributed by atoms with Crippen LogP contribution in [0.2, 0.25) is 5.02 Å². The van der Waals surface area contributed by atoms with Gasteiger partial charge in [-0.2, -0.15) is 0 Å². The Hall–Kier alpha value is -2.31. The van der Waals surface area contributed by atoms with Crippen LogP contribution in [-0.2, 0) is 9.59 Å². The Morgan fingerprint density at radius 3 is 2.81 bits per heavy atom. The molecule has 0 radical (unpaired) electrons. The topological polar surface area (TPSA) is 70.6 Å². The number of aryl methyl sites for hydroxylation is 1. The molecular weight excluding hydrogens is 370 g/mol. The molecule has 1 aliphatic heterocycles. The minimum Gasteiger partial charge on any atom is -0.326 e. The van der Waals surface area contributed by atoms with Crippen molar-refractivity contribution in [1.29, 1.82) is 0 Å². The summed E-state index contributed by atoms with van der Waals surface area (Å²) in [6.45, 7) is 3.82. The van der Waals surface area contributed by atoms with Crippen LogP contribution in [0.4, 0.5) is 11.4 Å². The van der Waals surface area contributed by atoms with Gasteiger partial charge in [-0.1, -0.05) is 41.6 Å². The number of benzene rings is 2. The molecule has 26 heavy (non-hydrogen) atoms. The molecule has 1 fully saturated rings. The minimum absolute atomic E-state index is 0.0648. The third kappa shape index (κ3) is 4.45. The number of carbonyl (C=O) groups excluding carboxylic acids is 2. The fourth-order valence-electron chi connectivity index (χ4n) is 2.52. The number of amidine groups is 1. The number of carbonyl (C=O) groups is 2. The van der Waals surface area contributed by atoms with Crippen molar-refractivity contribution in [2.75, 3.05) is 5.32 Å². The zero-order valence-corrected chi connectivity index (χ0v) is 15.9. The Balaban J connectivity index is 1.64. The normalized spacial score (nSPS) is 18.0. The maximum absolute atomic E-state index is 12.3. The van der Waals surface area contributed by atoms with Crippen LogP contribution < -0.4 is 10.6 Å². The SMILES string of the molecule is Cc1cccc(N=C2NC(=O)[C@H](CC(=O)Nc3cccc(Cl)c3C)S2)c1. The zero-order chi connectivity index (χ0) is 18.7. The maximum Gasteiger partial charge on any atom is 0.240 e. The van der Waals surface area contributed by atoms with Crippen LogP contribution in [0.25, 0.3) is 0 Å². The second kappa shape index (κ2) is 7.93. The molecule has 1 saturated heterocycles. The second-order valence-electron chi connectivity index (χ2n) is 6.02. The first-order valence-corrected chi connectivity index (χ1v) is 9.36. The van der Waals surface area contributed by atoms with E-state index in [0.29, 0.717) is 15.9 Å². The van der Waals surface area contributed by atoms with Crippen LogP contribution in [0.5, 0.6) is 0 Å². The third-order valence-electron chi connectivity index (χ3n) is 3.92. The summed E-state index contributed by atoms with van der Waals surface area (Å²) in [7, 11) is 0. The average molecular weight is 388 g/mol. The predicted octanol–water partition coefficient (Wildman–Crippen LogP) is 4.20. The number of nitrogens with one attached hydrogen (secondary N) is 2. The standard InChI is InChI=1S/C19H18ClN3O2S/c1-11-5-3-6-13(9-11)21-19-23-18(25)16(26-19)10-17(24)22-15-8-4-7-14(20)12(15)2/h3-9,16H,10H2,1-2H3,(H,22,24)(H,21,23,25)/t16-/m0/s1. The number of rotatable bonds is 4. The van der Waals surface area contributed by atoms with Gasteiger partial charge >= 0.3 is 0 Å². The number of anilines is 1. The van der Waals surface area contributed by atoms with Crippen LogP contribution in [0.1, 0.15) is 17.5 Å². The number of thioether (sulfide) groups is 1. The molecule has 5 nitrogen and oxygen atoms in total. The highest BCUT2D eigenvalue weighted by Crippen LogP contribution is 2.27. The number of amides is 2. The smallest absolute Gasteiger partial charge is 0.240 e. The lowest BCUT2D eigenvalue weighted by atomic mass is 10.2. The van der Waals surface area contributed by atoms with Crippen LogP contribution in [0.3, 0.4) is 0 Å². The maximum atomic E-state index is 12.3. The molecular formula is C19H18ClN3O2S. The first-order chi connectivity index (χ1) is 12.4. The monoisotopic (exact) mass is 387 g/mol. The summed E-state index contributed by atoms with van der Waals surface area (Å²) in [4.78, 5) is 28.9. The number of nitrogens with zero attached hydrogens (tertiary/aromatic N) is 1. The second-order valence-corrected chi connectivity index (χ2v) is 7.62. The molecule has 1 atom stereocenters. The molecule has 2 amide bonds. The molecule has 2 N–H and O–H groups in total. The Bertz CT molecular complexity index is 898. The summed E-state index contributed by atoms with van der Waals surface area (Å²) in [5, 5.41) is 6.14. The lowest BCUT2D eigenvalue weighted by Crippen LogP contribution is -2.28. The summed E-state index contributed by atoms with van der Waals surface area (Å²) in [5.74, 6) is -0.445. The molecule has 0 bridgehead atoms. The van der Waals surface area contributed by atoms with Gasteiger partial charge in [0, 0.05) is 17.1 Å². The lowest BCUT2D eigenvalue weighted by molar-refractivity contribution is -0.122. The first-order valence-electron chi connectivity index (χ1n) is 8.10. The van der Waals surface area contributed by atoms with E-state index in [-0.39, 0.29) is 18.2 Å². The summed E-state index contributed by atoms with van der Waals surface area (Å²) in [6, 6.07) is 13.0. The van der Waals surface area contributed by atoms with Gasteiger partial charge in [-0.05, 0) is 49.2 Å². The van der Waals surface area contributed by atoms with Gasteiger partial charge in [-0.3, -0.25) is 9.59 Å². The van der Waals surface area contributed by atoms with E-state index < -0.39 is 5.25 Å². The molecule has 2 aromatic carbocycles. The number of hydrogen-bond acceptors (Lipinski definition) is 4. The molecule has 1 heterocycles. The average Bonchev–Trinajstić information content (AvgIpc) is 2.91. The molecule has 134 valence electrons. The summed E-state index contributed by atoms with van der Waals surface area (Å²) < 4.78 is 0. The van der Waals surface area contributed by atoms with Crippen molar-refractivity contribution in [3.05, 3.63) is 58.6 Å². The van der Waals surface area contributed by atoms with Crippen molar-refractivity contribution < 1.29 is 9.59 Å². The highest BCUT2D eigenvalue weighted by atomic mass is 35.5. The van der Waals surface area contributed by atoms with Gasteiger partial charge in [0.1, 0.15) is 5.25 Å². The van der Waals surface area contributed by atoms with Gasteiger partial charge in [0.05, 0.1) is 5.69 Å². The van der Waals surface area contributed by atoms with Gasteiger partial charge in [0.2, 0.25) is 11.8 Å². The number of aliphatic imine (C=N–C) groups is 1. The van der Waals surface area contributed by atoms with E-state index >= 15 is 0 Å². The van der Waals surface area contributed by atoms with Gasteiger partial charge in [0.15, 0.2) is 5.17 Å². The van der Waals surface area contributed by atoms with E-state index in [4.69, 9.17) is 11.6 Å². The van der Waals surface area contributed by atoms with Crippen molar-refractivity contribution in [2.45, 2.75) is 25.5 Å². The number of halogens is 1. The molecule has 3 rings (SSSR count). The van der Waals surface area contributed by atoms with Crippen molar-refractivity contribution in [3.63, 3.8) is 0 Å². The lowest BCUT2D eigenvalue weighted by Gasteiger charge is -2.10. The molecule has 0 aliphatic carbocycles. The van der Waals surface area contributed by atoms with Gasteiger partial charge in [-0.15, -0.1) is 0 Å². The van der Waals surface area contributed by atoms with E-state index in [9.17, 15) is 9.59 Å². The molecule has 0 spiro atoms. The highest BCUT2D eigenvalue weighted by Gasteiger charge is 2.32. The van der Waals surface area contributed by atoms with E-state index in [0.717, 1.165) is 16.8 Å². The van der Waals surface area contributed by atoms with Crippen molar-refractivity contribution in [1.82, 2.24) is 5.32 Å². The van der Waals surface area contributed by atoms with Crippen molar-refractivity contribution >= 4 is 51.7 Å². The van der Waals surface area contributed by atoms with Crippen molar-refractivity contribution in [2.24, 2.45) is 4.99 Å². The van der Waals surface area contributed by atoms with Crippen LogP contribution >= 0.6 is 23.4 Å². The van der Waals surface area contributed by atoms with Crippen LogP contribution in [0, 0.1) is 13.8 Å². The zero-order valence-electron chi connectivity index (χ0n) is 14.4. The molecule has 0 aromatic heterocycles. The van der Waals surface area contributed by atoms with Crippen molar-refractivity contribution in [3.8, 4) is 0 Å². The highest BCUT2D eigenvalue weighted by molar-refractivity contribution is 8.15. The van der Waals surface area contributed by atoms with E-state index in [1.807, 2.05) is 38.1 Å². The minimum atomic E-state index is -0.502. The molecule has 2 aromatic rings. The van der Waals surface area contributed by atoms with Crippen LogP contribution in [-0.4, -0.2) is 22.2 Å². The van der Waals surface area contributed by atoms with Crippen LogP contribution in [0.15, 0.2) is 47.5 Å². The molecule has 0 saturated carbocycles. The number of hydrogen-bond donors (Lipinski definition) is 2.